The van der Waals surface area contributed by atoms with Gasteiger partial charge in [-0.15, -0.1) is 0 Å². The highest BCUT2D eigenvalue weighted by Crippen LogP contribution is 2.37. The Bertz CT molecular complexity index is 943. The SMILES string of the molecule is CC(=O)N[C@@H]1[C@@H](O)[C@H](O)[C@@H](CO)OC1(O)C1O[C@H](C(=O)O)[C@@H](O)[C@H](O)[C@H]1O.CC(=O)N[C@H]1C(O)O[C@H](CO)[C@@H](O)[C@@H]1O. The topological polar surface area (TPSA) is 346 Å². The molecule has 3 rings (SSSR count). The van der Waals surface area contributed by atoms with E-state index in [1.807, 2.05) is 0 Å². The third-order valence-corrected chi connectivity index (χ3v) is 6.93. The maximum atomic E-state index is 11.4. The molecule has 20 nitrogen and oxygen atoms in total. The number of ether oxygens (including phenoxy) is 3. The zero-order valence-electron chi connectivity index (χ0n) is 22.3. The summed E-state index contributed by atoms with van der Waals surface area (Å²) in [7, 11) is 0. The lowest BCUT2D eigenvalue weighted by Crippen LogP contribution is -2.78. The van der Waals surface area contributed by atoms with Gasteiger partial charge in [0.2, 0.25) is 17.6 Å². The van der Waals surface area contributed by atoms with Gasteiger partial charge in [0.05, 0.1) is 13.2 Å². The van der Waals surface area contributed by atoms with Crippen molar-refractivity contribution in [2.75, 3.05) is 13.2 Å². The monoisotopic (exact) mass is 618 g/mol. The Morgan fingerprint density at radius 1 is 0.690 bits per heavy atom. The second-order valence-electron chi connectivity index (χ2n) is 9.99. The van der Waals surface area contributed by atoms with Crippen LogP contribution in [0.15, 0.2) is 0 Å². The Kier molecular flexibility index (Phi) is 12.5. The van der Waals surface area contributed by atoms with Crippen molar-refractivity contribution < 1.29 is 89.9 Å². The molecule has 20 heteroatoms. The lowest BCUT2D eigenvalue weighted by atomic mass is 9.81. The van der Waals surface area contributed by atoms with Gasteiger partial charge in [-0.05, 0) is 0 Å². The quantitative estimate of drug-likeness (QED) is 0.131. The number of carbonyl (C=O) groups excluding carboxylic acids is 2. The molecule has 3 heterocycles. The lowest BCUT2D eigenvalue weighted by molar-refractivity contribution is -0.382. The number of carbonyl (C=O) groups is 3. The highest BCUT2D eigenvalue weighted by molar-refractivity contribution is 5.74. The molecule has 14 N–H and O–H groups in total. The van der Waals surface area contributed by atoms with E-state index in [2.05, 4.69) is 10.6 Å². The first-order valence-electron chi connectivity index (χ1n) is 12.6. The van der Waals surface area contributed by atoms with E-state index >= 15 is 0 Å². The van der Waals surface area contributed by atoms with E-state index in [0.29, 0.717) is 0 Å². The summed E-state index contributed by atoms with van der Waals surface area (Å²) in [6, 6.07) is -2.94. The highest BCUT2D eigenvalue weighted by Gasteiger charge is 2.63. The fourth-order valence-electron chi connectivity index (χ4n) is 4.76. The van der Waals surface area contributed by atoms with Crippen molar-refractivity contribution in [3.8, 4) is 0 Å². The van der Waals surface area contributed by atoms with Crippen LogP contribution in [-0.2, 0) is 28.6 Å². The van der Waals surface area contributed by atoms with Gasteiger partial charge in [0.15, 0.2) is 12.4 Å². The Hall–Kier alpha value is -2.15. The van der Waals surface area contributed by atoms with Gasteiger partial charge in [0.25, 0.3) is 0 Å². The summed E-state index contributed by atoms with van der Waals surface area (Å²) in [5.41, 5.74) is 0. The van der Waals surface area contributed by atoms with E-state index in [4.69, 9.17) is 24.4 Å². The van der Waals surface area contributed by atoms with Crippen LogP contribution in [0.4, 0.5) is 0 Å². The summed E-state index contributed by atoms with van der Waals surface area (Å²) < 4.78 is 15.0. The van der Waals surface area contributed by atoms with Crippen molar-refractivity contribution >= 4 is 17.8 Å². The van der Waals surface area contributed by atoms with Crippen molar-refractivity contribution in [2.45, 2.75) is 105 Å². The van der Waals surface area contributed by atoms with Crippen LogP contribution in [0.5, 0.6) is 0 Å². The van der Waals surface area contributed by atoms with Gasteiger partial charge in [-0.1, -0.05) is 0 Å². The molecule has 3 aliphatic rings. The molecule has 0 aromatic heterocycles. The molecule has 0 spiro atoms. The molecule has 0 radical (unpaired) electrons. The summed E-state index contributed by atoms with van der Waals surface area (Å²) in [4.78, 5) is 33.4. The highest BCUT2D eigenvalue weighted by atomic mass is 16.7. The van der Waals surface area contributed by atoms with Gasteiger partial charge in [-0.2, -0.15) is 0 Å². The Labute approximate surface area is 237 Å². The number of hydrogen-bond donors (Lipinski definition) is 14. The summed E-state index contributed by atoms with van der Waals surface area (Å²) in [5.74, 6) is -5.87. The van der Waals surface area contributed by atoms with Gasteiger partial charge in [0, 0.05) is 13.8 Å². The molecule has 2 amide bonds. The maximum absolute atomic E-state index is 11.4. The minimum Gasteiger partial charge on any atom is -0.479 e. The standard InChI is InChI=1S/C14H23NO12.C8H15NO6/c1-3(17)15-11-8(21)5(18)4(2-16)27-14(11,25)12-9(22)6(19)7(20)10(26-12)13(23)24;1-3(11)9-5-7(13)6(12)4(2-10)15-8(5)14/h4-12,16,18-22,25H,2H2,1H3,(H,15,17)(H,23,24);4-8,10,12-14H,2H2,1H3,(H,9,11)/t4-,5-,6+,7+,8+,9-,10+,11-,12?,14?;4-,5-,6-,7-,8?/m11/s1. The second kappa shape index (κ2) is 14.5. The van der Waals surface area contributed by atoms with Crippen molar-refractivity contribution in [2.24, 2.45) is 0 Å². The first-order valence-corrected chi connectivity index (χ1v) is 12.6. The van der Waals surface area contributed by atoms with Crippen molar-refractivity contribution in [1.82, 2.24) is 10.6 Å². The minimum absolute atomic E-state index is 0.462. The molecule has 0 aromatic carbocycles. The van der Waals surface area contributed by atoms with Gasteiger partial charge in [-0.25, -0.2) is 4.79 Å². The second-order valence-corrected chi connectivity index (χ2v) is 9.99. The van der Waals surface area contributed by atoms with E-state index in [0.717, 1.165) is 6.92 Å². The van der Waals surface area contributed by atoms with Crippen LogP contribution in [-0.4, -0.2) is 184 Å². The van der Waals surface area contributed by atoms with Crippen LogP contribution in [0, 0.1) is 0 Å². The summed E-state index contributed by atoms with van der Waals surface area (Å²) in [5, 5.41) is 121. The van der Waals surface area contributed by atoms with Gasteiger partial charge >= 0.3 is 5.97 Å². The van der Waals surface area contributed by atoms with Crippen LogP contribution in [0.3, 0.4) is 0 Å². The van der Waals surface area contributed by atoms with Gasteiger partial charge < -0.3 is 86.1 Å². The van der Waals surface area contributed by atoms with E-state index in [-0.39, 0.29) is 0 Å². The number of hydrogen-bond acceptors (Lipinski definition) is 17. The summed E-state index contributed by atoms with van der Waals surface area (Å²) in [6.45, 7) is 0.796. The Balaban J connectivity index is 0.000000347. The first kappa shape index (κ1) is 36.0. The Morgan fingerprint density at radius 2 is 1.21 bits per heavy atom. The average molecular weight is 619 g/mol. The number of amides is 2. The van der Waals surface area contributed by atoms with E-state index in [1.165, 1.54) is 6.92 Å². The zero-order chi connectivity index (χ0) is 32.3. The maximum Gasteiger partial charge on any atom is 0.335 e. The number of carboxylic acid groups (broad SMARTS) is 1. The van der Waals surface area contributed by atoms with Crippen molar-refractivity contribution in [3.63, 3.8) is 0 Å². The molecule has 0 aliphatic carbocycles. The molecule has 3 unspecified atom stereocenters. The van der Waals surface area contributed by atoms with Crippen molar-refractivity contribution in [1.29, 1.82) is 0 Å². The number of carboxylic acids is 1. The molecule has 42 heavy (non-hydrogen) atoms. The third-order valence-electron chi connectivity index (χ3n) is 6.93. The smallest absolute Gasteiger partial charge is 0.335 e. The predicted molar refractivity (Wildman–Crippen MR) is 128 cm³/mol. The number of aliphatic carboxylic acids is 1. The normalized spacial score (nSPS) is 45.6. The molecule has 3 aliphatic heterocycles. The van der Waals surface area contributed by atoms with Gasteiger partial charge in [0.1, 0.15) is 73.1 Å². The molecule has 244 valence electrons. The number of aliphatic hydroxyl groups excluding tert-OH is 10. The fourth-order valence-corrected chi connectivity index (χ4v) is 4.76. The van der Waals surface area contributed by atoms with E-state index in [1.54, 1.807) is 0 Å². The average Bonchev–Trinajstić information content (AvgIpc) is 2.91. The predicted octanol–water partition coefficient (Wildman–Crippen LogP) is -8.85. The molecular weight excluding hydrogens is 580 g/mol. The minimum atomic E-state index is -2.88. The number of rotatable bonds is 6. The summed E-state index contributed by atoms with van der Waals surface area (Å²) in [6.07, 6.45) is -21.0. The molecular formula is C22H38N2O18. The van der Waals surface area contributed by atoms with E-state index < -0.39 is 122 Å². The number of nitrogens with one attached hydrogen (secondary N) is 2. The molecule has 0 bridgehead atoms. The summed E-state index contributed by atoms with van der Waals surface area (Å²) >= 11 is 0. The molecule has 3 saturated heterocycles. The zero-order valence-corrected chi connectivity index (χ0v) is 22.3. The number of aliphatic hydroxyl groups is 11. The van der Waals surface area contributed by atoms with Crippen LogP contribution >= 0.6 is 0 Å². The molecule has 0 saturated carbocycles. The molecule has 15 atom stereocenters. The Morgan fingerprint density at radius 3 is 1.69 bits per heavy atom. The van der Waals surface area contributed by atoms with Gasteiger partial charge in [-0.3, -0.25) is 9.59 Å². The third kappa shape index (κ3) is 7.49. The molecule has 0 aromatic rings. The van der Waals surface area contributed by atoms with Crippen LogP contribution in [0.1, 0.15) is 13.8 Å². The molecule has 3 fully saturated rings. The first-order chi connectivity index (χ1) is 19.4. The lowest BCUT2D eigenvalue weighted by Gasteiger charge is -2.53. The fraction of sp³-hybridized carbons (Fsp3) is 0.864. The van der Waals surface area contributed by atoms with Crippen LogP contribution in [0.25, 0.3) is 0 Å². The van der Waals surface area contributed by atoms with Crippen LogP contribution in [0.2, 0.25) is 0 Å². The largest absolute Gasteiger partial charge is 0.479 e. The van der Waals surface area contributed by atoms with E-state index in [9.17, 15) is 65.4 Å². The van der Waals surface area contributed by atoms with Crippen molar-refractivity contribution in [3.05, 3.63) is 0 Å². The van der Waals surface area contributed by atoms with Crippen LogP contribution < -0.4 is 10.6 Å².